The zero-order valence-electron chi connectivity index (χ0n) is 16.6. The fourth-order valence-corrected chi connectivity index (χ4v) is 4.50. The predicted octanol–water partition coefficient (Wildman–Crippen LogP) is 2.88. The quantitative estimate of drug-likeness (QED) is 0.702. The second-order valence-electron chi connectivity index (χ2n) is 6.87. The minimum Gasteiger partial charge on any atom is -0.495 e. The van der Waals surface area contributed by atoms with Gasteiger partial charge in [-0.25, -0.2) is 8.42 Å². The molecule has 2 amide bonds. The third kappa shape index (κ3) is 4.92. The zero-order valence-corrected chi connectivity index (χ0v) is 18.1. The number of carbonyl (C=O) groups is 2. The van der Waals surface area contributed by atoms with Crippen molar-refractivity contribution in [1.29, 1.82) is 0 Å². The van der Waals surface area contributed by atoms with Gasteiger partial charge < -0.3 is 15.4 Å². The zero-order chi connectivity index (χ0) is 21.9. The van der Waals surface area contributed by atoms with E-state index in [2.05, 4.69) is 10.6 Å². The first-order chi connectivity index (χ1) is 14.2. The molecule has 0 saturated carbocycles. The molecule has 2 N–H and O–H groups in total. The Hall–Kier alpha value is -2.62. The van der Waals surface area contributed by atoms with Crippen LogP contribution in [-0.2, 0) is 26.0 Å². The number of amides is 2. The van der Waals surface area contributed by atoms with Crippen LogP contribution in [-0.4, -0.2) is 45.2 Å². The Bertz CT molecular complexity index is 1090. The van der Waals surface area contributed by atoms with E-state index in [-0.39, 0.29) is 10.8 Å². The second kappa shape index (κ2) is 9.03. The Labute approximate surface area is 180 Å². The Morgan fingerprint density at radius 1 is 1.23 bits per heavy atom. The number of hydrogen-bond donors (Lipinski definition) is 2. The van der Waals surface area contributed by atoms with E-state index in [4.69, 9.17) is 16.3 Å². The van der Waals surface area contributed by atoms with Gasteiger partial charge in [0.05, 0.1) is 24.2 Å². The normalized spacial score (nSPS) is 13.9. The fourth-order valence-electron chi connectivity index (χ4n) is 3.15. The number of anilines is 2. The van der Waals surface area contributed by atoms with Crippen LogP contribution in [0.25, 0.3) is 0 Å². The number of fused-ring (bicyclic) bond motifs is 1. The topological polar surface area (TPSA) is 105 Å². The van der Waals surface area contributed by atoms with Crippen LogP contribution in [0.3, 0.4) is 0 Å². The number of hydrogen-bond acceptors (Lipinski definition) is 5. The highest BCUT2D eigenvalue weighted by atomic mass is 35.5. The number of halogens is 1. The maximum Gasteiger partial charge on any atom is 0.243 e. The van der Waals surface area contributed by atoms with Crippen LogP contribution < -0.4 is 15.4 Å². The molecule has 0 bridgehead atoms. The molecule has 1 heterocycles. The Balaban J connectivity index is 1.75. The molecule has 0 saturated heterocycles. The first-order valence-electron chi connectivity index (χ1n) is 9.23. The summed E-state index contributed by atoms with van der Waals surface area (Å²) < 4.78 is 32.0. The minimum absolute atomic E-state index is 0.0630. The summed E-state index contributed by atoms with van der Waals surface area (Å²) in [6.45, 7) is -0.397. The minimum atomic E-state index is -3.91. The maximum atomic E-state index is 12.9. The summed E-state index contributed by atoms with van der Waals surface area (Å²) in [5.74, 6) is -0.218. The highest BCUT2D eigenvalue weighted by Gasteiger charge is 2.25. The van der Waals surface area contributed by atoms with Crippen LogP contribution in [0.1, 0.15) is 18.4 Å². The molecule has 0 aromatic heterocycles. The van der Waals surface area contributed by atoms with E-state index < -0.39 is 22.5 Å². The maximum absolute atomic E-state index is 12.9. The highest BCUT2D eigenvalue weighted by molar-refractivity contribution is 7.89. The van der Waals surface area contributed by atoms with Crippen LogP contribution in [0.5, 0.6) is 5.75 Å². The van der Waals surface area contributed by atoms with Crippen LogP contribution in [0.4, 0.5) is 11.4 Å². The number of methoxy groups -OCH3 is 1. The number of rotatable bonds is 6. The summed E-state index contributed by atoms with van der Waals surface area (Å²) in [5, 5.41) is 5.80. The molecule has 10 heteroatoms. The number of likely N-dealkylation sites (N-methyl/N-ethyl adjacent to an activating group) is 1. The molecule has 0 unspecified atom stereocenters. The predicted molar refractivity (Wildman–Crippen MR) is 114 cm³/mol. The van der Waals surface area contributed by atoms with Crippen molar-refractivity contribution < 1.29 is 22.7 Å². The Morgan fingerprint density at radius 3 is 2.73 bits per heavy atom. The second-order valence-corrected chi connectivity index (χ2v) is 9.36. The van der Waals surface area contributed by atoms with Gasteiger partial charge in [-0.3, -0.25) is 9.59 Å². The summed E-state index contributed by atoms with van der Waals surface area (Å²) in [6.07, 6.45) is 1.63. The van der Waals surface area contributed by atoms with Crippen molar-refractivity contribution >= 4 is 44.8 Å². The molecule has 0 radical (unpaired) electrons. The number of sulfonamides is 1. The van der Waals surface area contributed by atoms with Crippen molar-refractivity contribution in [2.45, 2.75) is 24.2 Å². The highest BCUT2D eigenvalue weighted by Crippen LogP contribution is 2.28. The molecular formula is C20H22ClN3O5S. The summed E-state index contributed by atoms with van der Waals surface area (Å²) in [6, 6.07) is 9.29. The molecule has 2 aromatic rings. The molecule has 0 spiro atoms. The molecule has 1 aliphatic rings. The number of nitrogens with zero attached hydrogens (tertiary/aromatic N) is 1. The van der Waals surface area contributed by atoms with Crippen molar-refractivity contribution in [2.24, 2.45) is 0 Å². The van der Waals surface area contributed by atoms with Gasteiger partial charge in [0.1, 0.15) is 5.75 Å². The van der Waals surface area contributed by atoms with Crippen LogP contribution in [0, 0.1) is 0 Å². The van der Waals surface area contributed by atoms with E-state index in [1.54, 1.807) is 24.3 Å². The van der Waals surface area contributed by atoms with Crippen LogP contribution in [0.2, 0.25) is 5.02 Å². The lowest BCUT2D eigenvalue weighted by molar-refractivity contribution is -0.117. The van der Waals surface area contributed by atoms with Gasteiger partial charge in [0.2, 0.25) is 21.8 Å². The average molecular weight is 452 g/mol. The van der Waals surface area contributed by atoms with Crippen molar-refractivity contribution in [2.75, 3.05) is 31.3 Å². The van der Waals surface area contributed by atoms with Gasteiger partial charge in [0.15, 0.2) is 0 Å². The van der Waals surface area contributed by atoms with Gasteiger partial charge in [-0.2, -0.15) is 4.31 Å². The lowest BCUT2D eigenvalue weighted by Gasteiger charge is -2.18. The lowest BCUT2D eigenvalue weighted by atomic mass is 10.1. The summed E-state index contributed by atoms with van der Waals surface area (Å²) >= 11 is 5.95. The van der Waals surface area contributed by atoms with Crippen LogP contribution in [0.15, 0.2) is 41.3 Å². The van der Waals surface area contributed by atoms with Crippen molar-refractivity contribution in [3.05, 3.63) is 47.0 Å². The number of benzene rings is 2. The molecule has 3 rings (SSSR count). The summed E-state index contributed by atoms with van der Waals surface area (Å²) in [7, 11) is -1.12. The van der Waals surface area contributed by atoms with Gasteiger partial charge in [-0.15, -0.1) is 0 Å². The summed E-state index contributed by atoms with van der Waals surface area (Å²) in [4.78, 5) is 24.2. The third-order valence-corrected chi connectivity index (χ3v) is 6.75. The average Bonchev–Trinajstić information content (AvgIpc) is 2.87. The summed E-state index contributed by atoms with van der Waals surface area (Å²) in [5.41, 5.74) is 1.72. The molecule has 1 aliphatic heterocycles. The number of ether oxygens (including phenoxy) is 1. The molecule has 2 aromatic carbocycles. The van der Waals surface area contributed by atoms with Gasteiger partial charge in [-0.05, 0) is 54.8 Å². The van der Waals surface area contributed by atoms with Crippen molar-refractivity contribution in [3.8, 4) is 5.75 Å². The monoisotopic (exact) mass is 451 g/mol. The van der Waals surface area contributed by atoms with Gasteiger partial charge in [0.25, 0.3) is 0 Å². The first-order valence-corrected chi connectivity index (χ1v) is 11.0. The van der Waals surface area contributed by atoms with Gasteiger partial charge in [0, 0.05) is 24.2 Å². The number of nitrogens with one attached hydrogen (secondary N) is 2. The van der Waals surface area contributed by atoms with Crippen molar-refractivity contribution in [3.63, 3.8) is 0 Å². The molecule has 0 aliphatic carbocycles. The van der Waals surface area contributed by atoms with E-state index in [1.165, 1.54) is 26.3 Å². The Kier molecular flexibility index (Phi) is 6.64. The third-order valence-electron chi connectivity index (χ3n) is 4.71. The Morgan fingerprint density at radius 2 is 2.00 bits per heavy atom. The number of aryl methyl sites for hydroxylation is 1. The first kappa shape index (κ1) is 22.1. The molecule has 8 nitrogen and oxygen atoms in total. The number of carbonyl (C=O) groups excluding carboxylic acids is 2. The molecule has 160 valence electrons. The van der Waals surface area contributed by atoms with E-state index in [1.807, 2.05) is 0 Å². The van der Waals surface area contributed by atoms with E-state index in [0.717, 1.165) is 9.87 Å². The van der Waals surface area contributed by atoms with Gasteiger partial charge >= 0.3 is 0 Å². The van der Waals surface area contributed by atoms with E-state index >= 15 is 0 Å². The fraction of sp³-hybridized carbons (Fsp3) is 0.300. The van der Waals surface area contributed by atoms with Crippen molar-refractivity contribution in [1.82, 2.24) is 4.31 Å². The largest absolute Gasteiger partial charge is 0.495 e. The molecular weight excluding hydrogens is 430 g/mol. The molecule has 0 fully saturated rings. The van der Waals surface area contributed by atoms with Gasteiger partial charge in [-0.1, -0.05) is 11.6 Å². The SMILES string of the molecule is COc1ccc(Cl)cc1NC(=O)CN(C)S(=O)(=O)c1ccc2c(c1)CCCC(=O)N2. The van der Waals surface area contributed by atoms with E-state index in [0.29, 0.717) is 41.4 Å². The van der Waals surface area contributed by atoms with Crippen LogP contribution >= 0.6 is 11.6 Å². The molecule has 0 atom stereocenters. The smallest absolute Gasteiger partial charge is 0.243 e. The molecule has 30 heavy (non-hydrogen) atoms. The van der Waals surface area contributed by atoms with E-state index in [9.17, 15) is 18.0 Å². The standard InChI is InChI=1S/C20H22ClN3O5S/c1-24(12-20(26)23-17-11-14(21)6-9-18(17)29-2)30(27,28)15-7-8-16-13(10-15)4-3-5-19(25)22-16/h6-11H,3-5,12H2,1-2H3,(H,22,25)(H,23,26). The lowest BCUT2D eigenvalue weighted by Crippen LogP contribution is -2.35.